The van der Waals surface area contributed by atoms with Gasteiger partial charge in [-0.2, -0.15) is 0 Å². The van der Waals surface area contributed by atoms with Crippen LogP contribution in [0.25, 0.3) is 10.9 Å². The fraction of sp³-hybridized carbons (Fsp3) is 0.273. The summed E-state index contributed by atoms with van der Waals surface area (Å²) in [5, 5.41) is 16.3. The Morgan fingerprint density at radius 3 is 2.62 bits per heavy atom. The van der Waals surface area contributed by atoms with Crippen molar-refractivity contribution in [3.05, 3.63) is 46.7 Å². The molecule has 0 spiro atoms. The molecule has 34 heavy (non-hydrogen) atoms. The van der Waals surface area contributed by atoms with Gasteiger partial charge in [-0.15, -0.1) is 0 Å². The van der Waals surface area contributed by atoms with Gasteiger partial charge in [0.2, 0.25) is 17.7 Å². The van der Waals surface area contributed by atoms with E-state index in [9.17, 15) is 19.2 Å². The minimum atomic E-state index is -1.09. The Hall–Kier alpha value is -3.57. The van der Waals surface area contributed by atoms with Crippen molar-refractivity contribution in [2.45, 2.75) is 38.3 Å². The van der Waals surface area contributed by atoms with Crippen LogP contribution in [-0.2, 0) is 25.6 Å². The highest BCUT2D eigenvalue weighted by atomic mass is 35.5. The summed E-state index contributed by atoms with van der Waals surface area (Å²) in [6.45, 7) is 1.30. The van der Waals surface area contributed by atoms with Gasteiger partial charge in [-0.3, -0.25) is 19.2 Å². The van der Waals surface area contributed by atoms with Crippen molar-refractivity contribution in [1.29, 1.82) is 5.41 Å². The molecule has 0 aliphatic heterocycles. The average molecular weight is 503 g/mol. The molecule has 0 saturated carbocycles. The number of carbonyl (C=O) groups excluding carboxylic acids is 4. The topological polar surface area (TPSA) is 157 Å². The van der Waals surface area contributed by atoms with E-state index in [1.165, 1.54) is 13.1 Å². The monoisotopic (exact) mass is 502 g/mol. The van der Waals surface area contributed by atoms with Crippen molar-refractivity contribution >= 4 is 68.6 Å². The lowest BCUT2D eigenvalue weighted by Gasteiger charge is -2.22. The second-order valence-electron chi connectivity index (χ2n) is 7.49. The third kappa shape index (κ3) is 6.72. The Morgan fingerprint density at radius 2 is 1.94 bits per heavy atom. The predicted octanol–water partition coefficient (Wildman–Crippen LogP) is 2.45. The maximum atomic E-state index is 13.2. The summed E-state index contributed by atoms with van der Waals surface area (Å²) in [4.78, 5) is 56.4. The standard InChI is InChI=1S/C22H23ClN6O4S/c1-12(30)27-18(8-13-10-25-16-5-3-2-4-15(13)16)21(33)28-17(7-6-14(31)9-24)20(32)29-19-11-26-22(23)34-19/h2-5,9-11,17-18,24-25H,6-8H2,1H3,(H,27,30)(H,28,33)(H,29,32)/t17-,18-/m0/s1. The van der Waals surface area contributed by atoms with E-state index in [-0.39, 0.29) is 23.7 Å². The molecule has 0 bridgehead atoms. The number of halogens is 1. The van der Waals surface area contributed by atoms with Crippen LogP contribution in [0.4, 0.5) is 5.00 Å². The summed E-state index contributed by atoms with van der Waals surface area (Å²) in [6, 6.07) is 5.52. The molecule has 1 aromatic carbocycles. The maximum Gasteiger partial charge on any atom is 0.247 e. The number of anilines is 1. The van der Waals surface area contributed by atoms with E-state index >= 15 is 0 Å². The molecule has 0 saturated heterocycles. The summed E-state index contributed by atoms with van der Waals surface area (Å²) in [5.74, 6) is -2.03. The molecule has 5 N–H and O–H groups in total. The van der Waals surface area contributed by atoms with Crippen molar-refractivity contribution in [1.82, 2.24) is 20.6 Å². The number of hydrogen-bond donors (Lipinski definition) is 5. The Bertz CT molecular complexity index is 1220. The zero-order chi connectivity index (χ0) is 24.7. The summed E-state index contributed by atoms with van der Waals surface area (Å²) < 4.78 is 0.235. The summed E-state index contributed by atoms with van der Waals surface area (Å²) >= 11 is 6.85. The number of hydrogen-bond acceptors (Lipinski definition) is 7. The van der Waals surface area contributed by atoms with E-state index < -0.39 is 35.6 Å². The van der Waals surface area contributed by atoms with Crippen LogP contribution in [0, 0.1) is 5.41 Å². The van der Waals surface area contributed by atoms with Crippen molar-refractivity contribution in [3.63, 3.8) is 0 Å². The van der Waals surface area contributed by atoms with Gasteiger partial charge in [0.15, 0.2) is 10.3 Å². The third-order valence-electron chi connectivity index (χ3n) is 4.99. The molecule has 2 heterocycles. The van der Waals surface area contributed by atoms with Gasteiger partial charge in [0.25, 0.3) is 0 Å². The Morgan fingerprint density at radius 1 is 1.18 bits per heavy atom. The molecule has 10 nitrogen and oxygen atoms in total. The predicted molar refractivity (Wildman–Crippen MR) is 130 cm³/mol. The van der Waals surface area contributed by atoms with Crippen molar-refractivity contribution in [2.75, 3.05) is 5.32 Å². The van der Waals surface area contributed by atoms with E-state index in [0.717, 1.165) is 27.8 Å². The SMILES string of the molecule is CC(=O)N[C@@H](Cc1c[nH]c2ccccc12)C(=O)N[C@@H](CCC(=O)C=N)C(=O)Nc1cnc(Cl)s1. The second-order valence-corrected chi connectivity index (χ2v) is 9.11. The van der Waals surface area contributed by atoms with E-state index in [2.05, 4.69) is 25.9 Å². The Labute approximate surface area is 204 Å². The van der Waals surface area contributed by atoms with Crippen LogP contribution in [0.3, 0.4) is 0 Å². The molecule has 12 heteroatoms. The van der Waals surface area contributed by atoms with Crippen molar-refractivity contribution in [3.8, 4) is 0 Å². The largest absolute Gasteiger partial charge is 0.361 e. The number of aromatic amines is 1. The highest BCUT2D eigenvalue weighted by Crippen LogP contribution is 2.23. The van der Waals surface area contributed by atoms with E-state index in [4.69, 9.17) is 17.0 Å². The molecule has 0 radical (unpaired) electrons. The lowest BCUT2D eigenvalue weighted by atomic mass is 10.0. The lowest BCUT2D eigenvalue weighted by Crippen LogP contribution is -2.53. The van der Waals surface area contributed by atoms with Crippen LogP contribution in [0.1, 0.15) is 25.3 Å². The smallest absolute Gasteiger partial charge is 0.247 e. The number of carbonyl (C=O) groups is 4. The third-order valence-corrected chi connectivity index (χ3v) is 6.02. The second kappa shape index (κ2) is 11.5. The van der Waals surface area contributed by atoms with Crippen molar-refractivity contribution in [2.24, 2.45) is 0 Å². The molecule has 0 aliphatic rings. The number of nitrogens with zero attached hydrogens (tertiary/aromatic N) is 1. The number of amides is 3. The Kier molecular flexibility index (Phi) is 8.50. The minimum Gasteiger partial charge on any atom is -0.361 e. The number of rotatable bonds is 11. The molecule has 3 amide bonds. The fourth-order valence-electron chi connectivity index (χ4n) is 3.39. The first-order chi connectivity index (χ1) is 16.3. The molecular weight excluding hydrogens is 480 g/mol. The minimum absolute atomic E-state index is 0.0296. The summed E-state index contributed by atoms with van der Waals surface area (Å²) in [7, 11) is 0. The molecule has 3 rings (SSSR count). The number of thiazole rings is 1. The molecule has 2 aromatic heterocycles. The fourth-order valence-corrected chi connectivity index (χ4v) is 4.24. The van der Waals surface area contributed by atoms with Crippen LogP contribution in [0.15, 0.2) is 36.7 Å². The number of benzene rings is 1. The van der Waals surface area contributed by atoms with Gasteiger partial charge in [0.05, 0.1) is 12.4 Å². The van der Waals surface area contributed by atoms with Gasteiger partial charge in [-0.05, 0) is 18.1 Å². The highest BCUT2D eigenvalue weighted by Gasteiger charge is 2.28. The number of nitrogens with one attached hydrogen (secondary N) is 5. The van der Waals surface area contributed by atoms with Gasteiger partial charge in [-0.25, -0.2) is 4.98 Å². The van der Waals surface area contributed by atoms with Gasteiger partial charge >= 0.3 is 0 Å². The molecular formula is C22H23ClN6O4S. The van der Waals surface area contributed by atoms with Crippen LogP contribution >= 0.6 is 22.9 Å². The normalized spacial score (nSPS) is 12.5. The number of para-hydroxylation sites is 1. The van der Waals surface area contributed by atoms with E-state index in [1.54, 1.807) is 6.20 Å². The van der Waals surface area contributed by atoms with Crippen LogP contribution < -0.4 is 16.0 Å². The average Bonchev–Trinajstić information content (AvgIpc) is 3.41. The molecule has 178 valence electrons. The molecule has 0 fully saturated rings. The number of ketones is 1. The zero-order valence-corrected chi connectivity index (χ0v) is 19.8. The van der Waals surface area contributed by atoms with E-state index in [1.807, 2.05) is 24.3 Å². The van der Waals surface area contributed by atoms with Gasteiger partial charge in [-0.1, -0.05) is 41.1 Å². The Balaban J connectivity index is 1.78. The first-order valence-corrected chi connectivity index (χ1v) is 11.5. The van der Waals surface area contributed by atoms with E-state index in [0.29, 0.717) is 11.2 Å². The van der Waals surface area contributed by atoms with Gasteiger partial charge < -0.3 is 26.3 Å². The summed E-state index contributed by atoms with van der Waals surface area (Å²) in [5.41, 5.74) is 1.72. The number of fused-ring (bicyclic) bond motifs is 1. The zero-order valence-electron chi connectivity index (χ0n) is 18.2. The van der Waals surface area contributed by atoms with Gasteiger partial charge in [0.1, 0.15) is 17.1 Å². The number of H-pyrrole nitrogens is 1. The number of Topliss-reactive ketones (excluding diaryl/α,β-unsaturated/α-hetero) is 1. The maximum absolute atomic E-state index is 13.2. The molecule has 3 aromatic rings. The first-order valence-electron chi connectivity index (χ1n) is 10.3. The number of aromatic nitrogens is 2. The molecule has 0 unspecified atom stereocenters. The van der Waals surface area contributed by atoms with Crippen molar-refractivity contribution < 1.29 is 19.2 Å². The van der Waals surface area contributed by atoms with Crippen LogP contribution in [0.5, 0.6) is 0 Å². The quantitative estimate of drug-likeness (QED) is 0.254. The molecule has 2 atom stereocenters. The molecule has 0 aliphatic carbocycles. The van der Waals surface area contributed by atoms with Crippen LogP contribution in [0.2, 0.25) is 4.47 Å². The first kappa shape index (κ1) is 25.1. The highest BCUT2D eigenvalue weighted by molar-refractivity contribution is 7.19. The van der Waals surface area contributed by atoms with Gasteiger partial charge in [0, 0.05) is 36.9 Å². The lowest BCUT2D eigenvalue weighted by molar-refractivity contribution is -0.130. The summed E-state index contributed by atoms with van der Waals surface area (Å²) in [6.07, 6.45) is 3.86. The van der Waals surface area contributed by atoms with Crippen LogP contribution in [-0.4, -0.2) is 51.8 Å².